The fourth-order valence-electron chi connectivity index (χ4n) is 1.93. The number of hydrogen-bond acceptors (Lipinski definition) is 5. The SMILES string of the molecule is CCC[C@@H](C#N)NS(=O)(=O)c1ccc(NS(=O)(=O)CCC)c(F)c1. The van der Waals surface area contributed by atoms with Gasteiger partial charge in [-0.2, -0.15) is 9.98 Å². The van der Waals surface area contributed by atoms with Crippen LogP contribution in [0.25, 0.3) is 0 Å². The van der Waals surface area contributed by atoms with Gasteiger partial charge in [0.25, 0.3) is 0 Å². The number of anilines is 1. The number of benzene rings is 1. The van der Waals surface area contributed by atoms with Crippen LogP contribution in [0.2, 0.25) is 0 Å². The van der Waals surface area contributed by atoms with Crippen molar-refractivity contribution in [3.05, 3.63) is 24.0 Å². The Morgan fingerprint density at radius 3 is 2.38 bits per heavy atom. The zero-order valence-electron chi connectivity index (χ0n) is 13.4. The molecule has 0 unspecified atom stereocenters. The third kappa shape index (κ3) is 5.74. The largest absolute Gasteiger partial charge is 0.281 e. The monoisotopic (exact) mass is 377 g/mol. The molecule has 0 bridgehead atoms. The van der Waals surface area contributed by atoms with E-state index in [1.54, 1.807) is 13.8 Å². The van der Waals surface area contributed by atoms with Crippen molar-refractivity contribution in [1.29, 1.82) is 5.26 Å². The van der Waals surface area contributed by atoms with Crippen LogP contribution in [0.3, 0.4) is 0 Å². The predicted molar refractivity (Wildman–Crippen MR) is 88.7 cm³/mol. The highest BCUT2D eigenvalue weighted by atomic mass is 32.2. The van der Waals surface area contributed by atoms with Crippen molar-refractivity contribution in [2.75, 3.05) is 10.5 Å². The highest BCUT2D eigenvalue weighted by molar-refractivity contribution is 7.92. The minimum absolute atomic E-state index is 0.172. The molecule has 0 aliphatic carbocycles. The Bertz CT molecular complexity index is 817. The number of halogens is 1. The van der Waals surface area contributed by atoms with Crippen molar-refractivity contribution in [1.82, 2.24) is 4.72 Å². The number of hydrogen-bond donors (Lipinski definition) is 2. The van der Waals surface area contributed by atoms with Gasteiger partial charge in [-0.1, -0.05) is 20.3 Å². The summed E-state index contributed by atoms with van der Waals surface area (Å²) in [4.78, 5) is -0.380. The fourth-order valence-corrected chi connectivity index (χ4v) is 4.25. The second-order valence-electron chi connectivity index (χ2n) is 5.15. The first-order valence-corrected chi connectivity index (χ1v) is 10.5. The van der Waals surface area contributed by atoms with E-state index in [-0.39, 0.29) is 16.3 Å². The molecule has 0 fully saturated rings. The Morgan fingerprint density at radius 2 is 1.88 bits per heavy atom. The molecule has 10 heteroatoms. The summed E-state index contributed by atoms with van der Waals surface area (Å²) in [6, 6.07) is 3.75. The minimum Gasteiger partial charge on any atom is -0.281 e. The maximum absolute atomic E-state index is 14.0. The second-order valence-corrected chi connectivity index (χ2v) is 8.71. The summed E-state index contributed by atoms with van der Waals surface area (Å²) in [6.07, 6.45) is 1.29. The van der Waals surface area contributed by atoms with Crippen LogP contribution >= 0.6 is 0 Å². The van der Waals surface area contributed by atoms with Gasteiger partial charge in [0.2, 0.25) is 20.0 Å². The summed E-state index contributed by atoms with van der Waals surface area (Å²) < 4.78 is 65.9. The summed E-state index contributed by atoms with van der Waals surface area (Å²) in [7, 11) is -7.76. The van der Waals surface area contributed by atoms with Gasteiger partial charge in [-0.05, 0) is 31.0 Å². The van der Waals surface area contributed by atoms with Crippen molar-refractivity contribution < 1.29 is 21.2 Å². The predicted octanol–water partition coefficient (Wildman–Crippen LogP) is 1.95. The van der Waals surface area contributed by atoms with E-state index < -0.39 is 31.9 Å². The molecule has 0 radical (unpaired) electrons. The molecular weight excluding hydrogens is 357 g/mol. The standard InChI is InChI=1S/C14H20FN3O4S2/c1-3-5-11(10-16)17-24(21,22)12-6-7-14(13(15)9-12)18-23(19,20)8-4-2/h6-7,9,11,17-18H,3-5,8H2,1-2H3/t11-/m0/s1. The van der Waals surface area contributed by atoms with Gasteiger partial charge in [0.15, 0.2) is 0 Å². The van der Waals surface area contributed by atoms with E-state index >= 15 is 0 Å². The maximum Gasteiger partial charge on any atom is 0.241 e. The molecule has 0 aliphatic rings. The topological polar surface area (TPSA) is 116 Å². The Kier molecular flexibility index (Phi) is 7.13. The summed E-state index contributed by atoms with van der Waals surface area (Å²) in [6.45, 7) is 3.47. The maximum atomic E-state index is 14.0. The highest BCUT2D eigenvalue weighted by Gasteiger charge is 2.21. The van der Waals surface area contributed by atoms with Crippen LogP contribution in [-0.2, 0) is 20.0 Å². The van der Waals surface area contributed by atoms with Crippen LogP contribution < -0.4 is 9.44 Å². The Labute approximate surface area is 142 Å². The van der Waals surface area contributed by atoms with Crippen molar-refractivity contribution >= 4 is 25.7 Å². The minimum atomic E-state index is -4.08. The van der Waals surface area contributed by atoms with Gasteiger partial charge in [-0.25, -0.2) is 21.2 Å². The van der Waals surface area contributed by atoms with Crippen molar-refractivity contribution in [2.24, 2.45) is 0 Å². The third-order valence-corrected chi connectivity index (χ3v) is 5.97. The van der Waals surface area contributed by atoms with E-state index in [0.717, 1.165) is 12.1 Å². The Morgan fingerprint density at radius 1 is 1.21 bits per heavy atom. The number of sulfonamides is 2. The van der Waals surface area contributed by atoms with Gasteiger partial charge in [-0.3, -0.25) is 4.72 Å². The van der Waals surface area contributed by atoms with Crippen LogP contribution in [0.5, 0.6) is 0 Å². The van der Waals surface area contributed by atoms with Gasteiger partial charge < -0.3 is 0 Å². The molecular formula is C14H20FN3O4S2. The van der Waals surface area contributed by atoms with E-state index in [1.807, 2.05) is 6.07 Å². The molecule has 1 rings (SSSR count). The first-order valence-electron chi connectivity index (χ1n) is 7.37. The van der Waals surface area contributed by atoms with E-state index in [4.69, 9.17) is 5.26 Å². The van der Waals surface area contributed by atoms with Crippen LogP contribution in [0, 0.1) is 17.1 Å². The molecule has 0 saturated heterocycles. The van der Waals surface area contributed by atoms with Crippen LogP contribution in [-0.4, -0.2) is 28.6 Å². The molecule has 0 saturated carbocycles. The average Bonchev–Trinajstić information content (AvgIpc) is 2.48. The first-order chi connectivity index (χ1) is 11.1. The zero-order chi connectivity index (χ0) is 18.4. The molecule has 0 heterocycles. The molecule has 0 spiro atoms. The normalized spacial score (nSPS) is 13.2. The van der Waals surface area contributed by atoms with Crippen molar-refractivity contribution in [2.45, 2.75) is 44.0 Å². The van der Waals surface area contributed by atoms with Crippen molar-refractivity contribution in [3.8, 4) is 6.07 Å². The molecule has 0 amide bonds. The first kappa shape index (κ1) is 20.3. The lowest BCUT2D eigenvalue weighted by Gasteiger charge is -2.13. The third-order valence-electron chi connectivity index (χ3n) is 3.02. The van der Waals surface area contributed by atoms with Gasteiger partial charge >= 0.3 is 0 Å². The lowest BCUT2D eigenvalue weighted by atomic mass is 10.2. The number of nitriles is 1. The van der Waals surface area contributed by atoms with Gasteiger partial charge in [0.1, 0.15) is 11.9 Å². The van der Waals surface area contributed by atoms with Gasteiger partial charge in [0, 0.05) is 0 Å². The molecule has 1 atom stereocenters. The molecule has 2 N–H and O–H groups in total. The smallest absolute Gasteiger partial charge is 0.241 e. The lowest BCUT2D eigenvalue weighted by molar-refractivity contribution is 0.560. The van der Waals surface area contributed by atoms with E-state index in [0.29, 0.717) is 25.3 Å². The fraction of sp³-hybridized carbons (Fsp3) is 0.500. The van der Waals surface area contributed by atoms with E-state index in [1.165, 1.54) is 0 Å². The molecule has 1 aromatic carbocycles. The molecule has 24 heavy (non-hydrogen) atoms. The van der Waals surface area contributed by atoms with Crippen LogP contribution in [0.1, 0.15) is 33.1 Å². The Hall–Kier alpha value is -1.70. The van der Waals surface area contributed by atoms with E-state index in [2.05, 4.69) is 9.44 Å². The molecule has 0 aliphatic heterocycles. The number of rotatable bonds is 9. The molecule has 1 aromatic rings. The molecule has 7 nitrogen and oxygen atoms in total. The van der Waals surface area contributed by atoms with Crippen LogP contribution in [0.15, 0.2) is 23.1 Å². The summed E-state index contributed by atoms with van der Waals surface area (Å²) >= 11 is 0. The summed E-state index contributed by atoms with van der Waals surface area (Å²) in [5, 5.41) is 8.92. The number of nitrogens with zero attached hydrogens (tertiary/aromatic N) is 1. The highest BCUT2D eigenvalue weighted by Crippen LogP contribution is 2.20. The molecule has 0 aromatic heterocycles. The van der Waals surface area contributed by atoms with Gasteiger partial charge in [-0.15, -0.1) is 0 Å². The zero-order valence-corrected chi connectivity index (χ0v) is 15.0. The number of nitrogens with one attached hydrogen (secondary N) is 2. The summed E-state index contributed by atoms with van der Waals surface area (Å²) in [5.41, 5.74) is -0.326. The lowest BCUT2D eigenvalue weighted by Crippen LogP contribution is -2.33. The molecule has 134 valence electrons. The second kappa shape index (κ2) is 8.41. The summed E-state index contributed by atoms with van der Waals surface area (Å²) in [5.74, 6) is -1.18. The quantitative estimate of drug-likeness (QED) is 0.682. The average molecular weight is 377 g/mol. The van der Waals surface area contributed by atoms with Crippen molar-refractivity contribution in [3.63, 3.8) is 0 Å². The van der Waals surface area contributed by atoms with Crippen LogP contribution in [0.4, 0.5) is 10.1 Å². The Balaban J connectivity index is 3.04. The van der Waals surface area contributed by atoms with Gasteiger partial charge in [0.05, 0.1) is 22.4 Å². The van der Waals surface area contributed by atoms with E-state index in [9.17, 15) is 21.2 Å².